The molecule has 0 fully saturated rings. The van der Waals surface area contributed by atoms with Gasteiger partial charge >= 0.3 is 0 Å². The van der Waals surface area contributed by atoms with Crippen LogP contribution in [0.3, 0.4) is 0 Å². The summed E-state index contributed by atoms with van der Waals surface area (Å²) >= 11 is 0. The lowest BCUT2D eigenvalue weighted by atomic mass is 10.1. The lowest BCUT2D eigenvalue weighted by molar-refractivity contribution is 0.584. The third-order valence-electron chi connectivity index (χ3n) is 1.80. The normalized spacial score (nSPS) is 11.5. The third kappa shape index (κ3) is 1.96. The molecule has 0 bridgehead atoms. The zero-order chi connectivity index (χ0) is 10.7. The molecule has 0 aliphatic heterocycles. The van der Waals surface area contributed by atoms with Gasteiger partial charge in [-0.05, 0) is 25.3 Å². The number of hydrogen-bond acceptors (Lipinski definition) is 2. The van der Waals surface area contributed by atoms with E-state index in [1.807, 2.05) is 0 Å². The monoisotopic (exact) mass is 196 g/mol. The molecule has 2 nitrogen and oxygen atoms in total. The maximum Gasteiger partial charge on any atom is 0.149 e. The van der Waals surface area contributed by atoms with Crippen LogP contribution in [0.15, 0.2) is 23.3 Å². The Morgan fingerprint density at radius 2 is 2.07 bits per heavy atom. The number of nitrogens with zero attached hydrogens (tertiary/aromatic N) is 1. The highest BCUT2D eigenvalue weighted by Crippen LogP contribution is 2.22. The van der Waals surface area contributed by atoms with Crippen molar-refractivity contribution in [3.8, 4) is 0 Å². The minimum atomic E-state index is -0.759. The zero-order valence-corrected chi connectivity index (χ0v) is 7.72. The number of rotatable bonds is 2. The molecule has 0 radical (unpaired) electrons. The molecule has 0 atom stereocenters. The summed E-state index contributed by atoms with van der Waals surface area (Å²) in [4.78, 5) is 3.49. The Balaban J connectivity index is 3.29. The van der Waals surface area contributed by atoms with Crippen molar-refractivity contribution in [3.05, 3.63) is 35.5 Å². The largest absolute Gasteiger partial charge is 0.396 e. The number of anilines is 1. The van der Waals surface area contributed by atoms with Gasteiger partial charge in [-0.3, -0.25) is 4.99 Å². The van der Waals surface area contributed by atoms with Crippen LogP contribution in [0.25, 0.3) is 5.57 Å². The first kappa shape index (κ1) is 10.4. The van der Waals surface area contributed by atoms with Gasteiger partial charge in [0.05, 0.1) is 5.69 Å². The van der Waals surface area contributed by atoms with Crippen molar-refractivity contribution >= 4 is 18.0 Å². The fraction of sp³-hybridized carbons (Fsp3) is 0.100. The summed E-state index contributed by atoms with van der Waals surface area (Å²) in [7, 11) is 0. The molecule has 1 aromatic rings. The number of halogens is 2. The second-order valence-electron chi connectivity index (χ2n) is 2.85. The van der Waals surface area contributed by atoms with E-state index in [9.17, 15) is 8.78 Å². The summed E-state index contributed by atoms with van der Waals surface area (Å²) in [5, 5.41) is 0. The first-order valence-corrected chi connectivity index (χ1v) is 3.93. The fourth-order valence-electron chi connectivity index (χ4n) is 1.07. The SMILES string of the molecule is C=N/C=C(\C)c1cc(N)c(F)cc1F. The van der Waals surface area contributed by atoms with Crippen molar-refractivity contribution in [2.24, 2.45) is 4.99 Å². The molecule has 0 unspecified atom stereocenters. The number of benzene rings is 1. The van der Waals surface area contributed by atoms with Crippen LogP contribution >= 0.6 is 0 Å². The maximum absolute atomic E-state index is 13.2. The third-order valence-corrected chi connectivity index (χ3v) is 1.80. The van der Waals surface area contributed by atoms with Gasteiger partial charge in [0.2, 0.25) is 0 Å². The van der Waals surface area contributed by atoms with Crippen molar-refractivity contribution < 1.29 is 8.78 Å². The van der Waals surface area contributed by atoms with E-state index in [-0.39, 0.29) is 11.3 Å². The Bertz CT molecular complexity index is 397. The second-order valence-corrected chi connectivity index (χ2v) is 2.85. The molecular formula is C10H10F2N2. The minimum Gasteiger partial charge on any atom is -0.396 e. The lowest BCUT2D eigenvalue weighted by Gasteiger charge is -2.04. The van der Waals surface area contributed by atoms with E-state index < -0.39 is 11.6 Å². The predicted molar refractivity (Wildman–Crippen MR) is 54.0 cm³/mol. The molecule has 0 aliphatic rings. The standard InChI is InChI=1S/C10H10F2N2/c1-6(5-14-2)7-3-10(13)9(12)4-8(7)11/h3-5H,2,13H2,1H3/b6-5+. The van der Waals surface area contributed by atoms with E-state index in [2.05, 4.69) is 11.7 Å². The highest BCUT2D eigenvalue weighted by molar-refractivity contribution is 5.67. The molecule has 0 amide bonds. The van der Waals surface area contributed by atoms with Gasteiger partial charge in [0.25, 0.3) is 0 Å². The highest BCUT2D eigenvalue weighted by atomic mass is 19.1. The fourth-order valence-corrected chi connectivity index (χ4v) is 1.07. The molecule has 14 heavy (non-hydrogen) atoms. The van der Waals surface area contributed by atoms with E-state index in [1.54, 1.807) is 6.92 Å². The summed E-state index contributed by atoms with van der Waals surface area (Å²) in [5.41, 5.74) is 6.00. The maximum atomic E-state index is 13.2. The number of hydrogen-bond donors (Lipinski definition) is 1. The average molecular weight is 196 g/mol. The Morgan fingerprint density at radius 1 is 1.43 bits per heavy atom. The average Bonchev–Trinajstić information content (AvgIpc) is 2.11. The molecule has 1 rings (SSSR count). The van der Waals surface area contributed by atoms with Crippen LogP contribution in [-0.4, -0.2) is 6.72 Å². The van der Waals surface area contributed by atoms with E-state index in [4.69, 9.17) is 5.73 Å². The summed E-state index contributed by atoms with van der Waals surface area (Å²) < 4.78 is 26.0. The Kier molecular flexibility index (Phi) is 2.96. The van der Waals surface area contributed by atoms with Crippen LogP contribution in [0.1, 0.15) is 12.5 Å². The zero-order valence-electron chi connectivity index (χ0n) is 7.72. The van der Waals surface area contributed by atoms with Gasteiger partial charge in [0, 0.05) is 17.8 Å². The second kappa shape index (κ2) is 4.00. The quantitative estimate of drug-likeness (QED) is 0.573. The van der Waals surface area contributed by atoms with Gasteiger partial charge in [-0.25, -0.2) is 8.78 Å². The number of nitrogen functional groups attached to an aromatic ring is 1. The van der Waals surface area contributed by atoms with Crippen LogP contribution in [0.2, 0.25) is 0 Å². The molecule has 0 saturated heterocycles. The molecular weight excluding hydrogens is 186 g/mol. The van der Waals surface area contributed by atoms with Crippen LogP contribution in [-0.2, 0) is 0 Å². The van der Waals surface area contributed by atoms with E-state index in [0.717, 1.165) is 6.07 Å². The van der Waals surface area contributed by atoms with Gasteiger partial charge in [-0.2, -0.15) is 0 Å². The van der Waals surface area contributed by atoms with E-state index in [0.29, 0.717) is 5.57 Å². The topological polar surface area (TPSA) is 38.4 Å². The van der Waals surface area contributed by atoms with E-state index in [1.165, 1.54) is 12.3 Å². The van der Waals surface area contributed by atoms with Crippen molar-refractivity contribution in [2.45, 2.75) is 6.92 Å². The van der Waals surface area contributed by atoms with Gasteiger partial charge in [-0.1, -0.05) is 0 Å². The van der Waals surface area contributed by atoms with Crippen molar-refractivity contribution in [1.29, 1.82) is 0 Å². The Hall–Kier alpha value is -1.71. The minimum absolute atomic E-state index is 0.0850. The summed E-state index contributed by atoms with van der Waals surface area (Å²) in [6, 6.07) is 1.99. The lowest BCUT2D eigenvalue weighted by Crippen LogP contribution is -1.96. The molecule has 0 aromatic heterocycles. The van der Waals surface area contributed by atoms with Crippen LogP contribution in [0, 0.1) is 11.6 Å². The van der Waals surface area contributed by atoms with Gasteiger partial charge in [0.15, 0.2) is 0 Å². The summed E-state index contributed by atoms with van der Waals surface area (Å²) in [6.07, 6.45) is 1.38. The molecule has 0 heterocycles. The van der Waals surface area contributed by atoms with Crippen molar-refractivity contribution in [3.63, 3.8) is 0 Å². The smallest absolute Gasteiger partial charge is 0.149 e. The molecule has 74 valence electrons. The molecule has 1 aromatic carbocycles. The first-order valence-electron chi connectivity index (χ1n) is 3.93. The Morgan fingerprint density at radius 3 is 2.64 bits per heavy atom. The molecule has 0 aliphatic carbocycles. The van der Waals surface area contributed by atoms with Crippen LogP contribution in [0.4, 0.5) is 14.5 Å². The summed E-state index contributed by atoms with van der Waals surface area (Å²) in [6.45, 7) is 4.88. The van der Waals surface area contributed by atoms with Crippen molar-refractivity contribution in [1.82, 2.24) is 0 Å². The first-order chi connectivity index (χ1) is 6.56. The van der Waals surface area contributed by atoms with Gasteiger partial charge < -0.3 is 5.73 Å². The number of nitrogens with two attached hydrogens (primary N) is 1. The van der Waals surface area contributed by atoms with Crippen molar-refractivity contribution in [2.75, 3.05) is 5.73 Å². The number of aliphatic imine (C=N–C) groups is 1. The summed E-state index contributed by atoms with van der Waals surface area (Å²) in [5.74, 6) is -1.42. The van der Waals surface area contributed by atoms with Gasteiger partial charge in [-0.15, -0.1) is 0 Å². The molecule has 2 N–H and O–H groups in total. The molecule has 4 heteroatoms. The van der Waals surface area contributed by atoms with E-state index >= 15 is 0 Å². The highest BCUT2D eigenvalue weighted by Gasteiger charge is 2.08. The molecule has 0 saturated carbocycles. The molecule has 0 spiro atoms. The number of allylic oxidation sites excluding steroid dienone is 1. The Labute approximate surface area is 80.8 Å². The predicted octanol–water partition coefficient (Wildman–Crippen LogP) is 2.61. The van der Waals surface area contributed by atoms with Crippen LogP contribution in [0.5, 0.6) is 0 Å². The van der Waals surface area contributed by atoms with Crippen LogP contribution < -0.4 is 5.73 Å². The van der Waals surface area contributed by atoms with Gasteiger partial charge in [0.1, 0.15) is 11.6 Å².